The number of hydrogen-bond donors (Lipinski definition) is 2. The van der Waals surface area contributed by atoms with E-state index in [9.17, 15) is 4.79 Å². The largest absolute Gasteiger partial charge is 0.480 e. The van der Waals surface area contributed by atoms with Gasteiger partial charge in [-0.2, -0.15) is 0 Å². The van der Waals surface area contributed by atoms with Gasteiger partial charge < -0.3 is 15.8 Å². The zero-order valence-corrected chi connectivity index (χ0v) is 11.7. The van der Waals surface area contributed by atoms with Crippen LogP contribution >= 0.6 is 22.9 Å². The van der Waals surface area contributed by atoms with E-state index in [1.807, 2.05) is 12.1 Å². The number of thiophene rings is 1. The number of hydrogen-bond acceptors (Lipinski definition) is 5. The van der Waals surface area contributed by atoms with Crippen LogP contribution in [0.2, 0.25) is 4.34 Å². The highest BCUT2D eigenvalue weighted by Crippen LogP contribution is 2.23. The topological polar surface area (TPSA) is 77.2 Å². The molecule has 0 bridgehead atoms. The van der Waals surface area contributed by atoms with Gasteiger partial charge in [-0.15, -0.1) is 11.3 Å². The molecule has 0 saturated heterocycles. The van der Waals surface area contributed by atoms with E-state index in [4.69, 9.17) is 22.1 Å². The molecule has 5 nitrogen and oxygen atoms in total. The number of methoxy groups -OCH3 is 1. The number of carbonyl (C=O) groups excluding carboxylic acids is 1. The van der Waals surface area contributed by atoms with Gasteiger partial charge in [0.15, 0.2) is 0 Å². The molecule has 0 spiro atoms. The Morgan fingerprint density at radius 2 is 2.37 bits per heavy atom. The maximum atomic E-state index is 11.3. The van der Waals surface area contributed by atoms with Gasteiger partial charge >= 0.3 is 0 Å². The van der Waals surface area contributed by atoms with E-state index >= 15 is 0 Å². The monoisotopic (exact) mass is 297 g/mol. The van der Waals surface area contributed by atoms with Gasteiger partial charge in [-0.05, 0) is 18.2 Å². The fraction of sp³-hybridized carbons (Fsp3) is 0.167. The molecule has 0 unspecified atom stereocenters. The molecule has 2 rings (SSSR count). The van der Waals surface area contributed by atoms with E-state index in [0.717, 1.165) is 9.21 Å². The van der Waals surface area contributed by atoms with Crippen LogP contribution in [0.5, 0.6) is 5.88 Å². The number of halogens is 1. The molecule has 2 aromatic rings. The number of ether oxygens (including phenoxy) is 1. The van der Waals surface area contributed by atoms with Crippen LogP contribution in [0.3, 0.4) is 0 Å². The Bertz CT molecular complexity index is 600. The summed E-state index contributed by atoms with van der Waals surface area (Å²) in [6, 6.07) is 5.39. The number of carbonyl (C=O) groups is 1. The summed E-state index contributed by atoms with van der Waals surface area (Å²) >= 11 is 7.34. The van der Waals surface area contributed by atoms with Crippen LogP contribution in [-0.2, 0) is 6.54 Å². The number of nitrogens with two attached hydrogens (primary N) is 1. The Balaban J connectivity index is 2.12. The van der Waals surface area contributed by atoms with Crippen molar-refractivity contribution < 1.29 is 9.53 Å². The summed E-state index contributed by atoms with van der Waals surface area (Å²) in [6.07, 6.45) is 1.58. The lowest BCUT2D eigenvalue weighted by Crippen LogP contribution is -2.14. The van der Waals surface area contributed by atoms with Crippen molar-refractivity contribution in [2.45, 2.75) is 6.54 Å². The molecular weight excluding hydrogens is 286 g/mol. The molecule has 2 aromatic heterocycles. The molecular formula is C12H12ClN3O2S. The Kier molecular flexibility index (Phi) is 4.24. The third-order valence-electron chi connectivity index (χ3n) is 2.41. The summed E-state index contributed by atoms with van der Waals surface area (Å²) in [5.41, 5.74) is 6.21. The number of primary amides is 1. The molecule has 0 radical (unpaired) electrons. The van der Waals surface area contributed by atoms with Gasteiger partial charge in [0.25, 0.3) is 5.91 Å². The maximum absolute atomic E-state index is 11.3. The number of nitrogens with one attached hydrogen (secondary N) is 1. The Labute approximate surface area is 119 Å². The van der Waals surface area contributed by atoms with E-state index < -0.39 is 5.91 Å². The summed E-state index contributed by atoms with van der Waals surface area (Å²) in [5, 5.41) is 3.15. The van der Waals surface area contributed by atoms with E-state index in [1.54, 1.807) is 12.3 Å². The first-order chi connectivity index (χ1) is 9.10. The van der Waals surface area contributed by atoms with Crippen molar-refractivity contribution in [1.82, 2.24) is 4.98 Å². The number of pyridine rings is 1. The van der Waals surface area contributed by atoms with Crippen molar-refractivity contribution in [1.29, 1.82) is 0 Å². The fourth-order valence-corrected chi connectivity index (χ4v) is 2.55. The number of rotatable bonds is 5. The average molecular weight is 298 g/mol. The summed E-state index contributed by atoms with van der Waals surface area (Å²) in [7, 11) is 1.44. The molecule has 7 heteroatoms. The molecule has 19 heavy (non-hydrogen) atoms. The predicted molar refractivity (Wildman–Crippen MR) is 76.0 cm³/mol. The van der Waals surface area contributed by atoms with Crippen molar-refractivity contribution in [3.8, 4) is 5.88 Å². The fourth-order valence-electron chi connectivity index (χ4n) is 1.52. The summed E-state index contributed by atoms with van der Waals surface area (Å²) < 4.78 is 5.71. The molecule has 0 aliphatic rings. The Morgan fingerprint density at radius 1 is 1.58 bits per heavy atom. The minimum Gasteiger partial charge on any atom is -0.480 e. The predicted octanol–water partition coefficient (Wildman–Crippen LogP) is 2.52. The van der Waals surface area contributed by atoms with Gasteiger partial charge in [-0.25, -0.2) is 4.98 Å². The highest BCUT2D eigenvalue weighted by molar-refractivity contribution is 7.16. The molecule has 0 atom stereocenters. The van der Waals surface area contributed by atoms with E-state index in [1.165, 1.54) is 18.4 Å². The van der Waals surface area contributed by atoms with Gasteiger partial charge in [0.2, 0.25) is 5.88 Å². The molecule has 2 heterocycles. The first kappa shape index (κ1) is 13.6. The van der Waals surface area contributed by atoms with E-state index in [2.05, 4.69) is 10.3 Å². The van der Waals surface area contributed by atoms with Crippen LogP contribution < -0.4 is 15.8 Å². The van der Waals surface area contributed by atoms with Gasteiger partial charge in [0.05, 0.1) is 23.3 Å². The normalized spacial score (nSPS) is 10.2. The molecule has 0 aliphatic heterocycles. The molecule has 3 N–H and O–H groups in total. The smallest absolute Gasteiger partial charge is 0.254 e. The standard InChI is InChI=1S/C12H12ClN3O2S/c1-18-12-9(11(14)17)4-7(5-16-12)15-6-8-2-3-10(13)19-8/h2-5,15H,6H2,1H3,(H2,14,17). The van der Waals surface area contributed by atoms with E-state index in [0.29, 0.717) is 12.2 Å². The van der Waals surface area contributed by atoms with Crippen LogP contribution in [0.1, 0.15) is 15.2 Å². The molecule has 0 aliphatic carbocycles. The molecule has 100 valence electrons. The third kappa shape index (κ3) is 3.36. The van der Waals surface area contributed by atoms with Crippen molar-refractivity contribution in [2.24, 2.45) is 5.73 Å². The lowest BCUT2D eigenvalue weighted by atomic mass is 10.2. The molecule has 0 aromatic carbocycles. The summed E-state index contributed by atoms with van der Waals surface area (Å²) in [6.45, 7) is 0.601. The summed E-state index contributed by atoms with van der Waals surface area (Å²) in [5.74, 6) is -0.357. The second-order valence-electron chi connectivity index (χ2n) is 3.70. The second kappa shape index (κ2) is 5.90. The average Bonchev–Trinajstić information content (AvgIpc) is 2.81. The lowest BCUT2D eigenvalue weighted by molar-refractivity contribution is 0.0996. The van der Waals surface area contributed by atoms with Gasteiger partial charge in [0, 0.05) is 11.4 Å². The van der Waals surface area contributed by atoms with Crippen LogP contribution in [0, 0.1) is 0 Å². The number of anilines is 1. The zero-order valence-electron chi connectivity index (χ0n) is 10.1. The highest BCUT2D eigenvalue weighted by Gasteiger charge is 2.11. The van der Waals surface area contributed by atoms with Crippen LogP contribution in [0.15, 0.2) is 24.4 Å². The zero-order chi connectivity index (χ0) is 13.8. The van der Waals surface area contributed by atoms with Crippen molar-refractivity contribution in [3.63, 3.8) is 0 Å². The van der Waals surface area contributed by atoms with Gasteiger partial charge in [0.1, 0.15) is 5.56 Å². The van der Waals surface area contributed by atoms with E-state index in [-0.39, 0.29) is 11.4 Å². The minimum absolute atomic E-state index is 0.220. The number of aromatic nitrogens is 1. The molecule has 1 amide bonds. The Morgan fingerprint density at radius 3 is 2.95 bits per heavy atom. The maximum Gasteiger partial charge on any atom is 0.254 e. The quantitative estimate of drug-likeness (QED) is 0.889. The minimum atomic E-state index is -0.577. The van der Waals surface area contributed by atoms with Gasteiger partial charge in [-0.3, -0.25) is 4.79 Å². The van der Waals surface area contributed by atoms with Crippen molar-refractivity contribution >= 4 is 34.5 Å². The van der Waals surface area contributed by atoms with Crippen molar-refractivity contribution in [2.75, 3.05) is 12.4 Å². The first-order valence-electron chi connectivity index (χ1n) is 5.42. The first-order valence-corrected chi connectivity index (χ1v) is 6.61. The van der Waals surface area contributed by atoms with Gasteiger partial charge in [-0.1, -0.05) is 11.6 Å². The SMILES string of the molecule is COc1ncc(NCc2ccc(Cl)s2)cc1C(N)=O. The van der Waals surface area contributed by atoms with Crippen LogP contribution in [-0.4, -0.2) is 18.0 Å². The lowest BCUT2D eigenvalue weighted by Gasteiger charge is -2.08. The second-order valence-corrected chi connectivity index (χ2v) is 5.50. The summed E-state index contributed by atoms with van der Waals surface area (Å²) in [4.78, 5) is 16.4. The Hall–Kier alpha value is -1.79. The molecule has 0 fully saturated rings. The molecule has 0 saturated carbocycles. The highest BCUT2D eigenvalue weighted by atomic mass is 35.5. The number of nitrogens with zero attached hydrogens (tertiary/aromatic N) is 1. The number of amides is 1. The van der Waals surface area contributed by atoms with Crippen LogP contribution in [0.4, 0.5) is 5.69 Å². The van der Waals surface area contributed by atoms with Crippen molar-refractivity contribution in [3.05, 3.63) is 39.2 Å². The third-order valence-corrected chi connectivity index (χ3v) is 3.64. The van der Waals surface area contributed by atoms with Crippen LogP contribution in [0.25, 0.3) is 0 Å².